The quantitative estimate of drug-likeness (QED) is 0.748. The van der Waals surface area contributed by atoms with Crippen LogP contribution >= 0.6 is 0 Å². The van der Waals surface area contributed by atoms with E-state index in [2.05, 4.69) is 5.16 Å². The molecule has 0 aliphatic carbocycles. The van der Waals surface area contributed by atoms with E-state index in [0.717, 1.165) is 18.2 Å². The lowest BCUT2D eigenvalue weighted by molar-refractivity contribution is -0.137. The maximum absolute atomic E-state index is 12.7. The van der Waals surface area contributed by atoms with Crippen molar-refractivity contribution in [1.82, 2.24) is 5.16 Å². The van der Waals surface area contributed by atoms with E-state index in [1.165, 1.54) is 0 Å². The number of benzene rings is 1. The average Bonchev–Trinajstić information content (AvgIpc) is 2.67. The van der Waals surface area contributed by atoms with Gasteiger partial charge in [0, 0.05) is 0 Å². The molecule has 0 spiro atoms. The van der Waals surface area contributed by atoms with Crippen LogP contribution in [-0.2, 0) is 10.9 Å². The predicted molar refractivity (Wildman–Crippen MR) is 64.2 cm³/mol. The van der Waals surface area contributed by atoms with E-state index >= 15 is 0 Å². The number of carbonyl (C=O) groups excluding carboxylic acids is 1. The summed E-state index contributed by atoms with van der Waals surface area (Å²) in [5.74, 6) is -1.18. The van der Waals surface area contributed by atoms with Crippen molar-refractivity contribution in [2.24, 2.45) is 0 Å². The second-order valence-corrected chi connectivity index (χ2v) is 5.24. The molecule has 2 rings (SSSR count). The van der Waals surface area contributed by atoms with E-state index in [0.29, 0.717) is 0 Å². The van der Waals surface area contributed by atoms with E-state index in [1.54, 1.807) is 20.8 Å². The first-order valence-corrected chi connectivity index (χ1v) is 5.78. The molecule has 7 heteroatoms. The van der Waals surface area contributed by atoms with Crippen LogP contribution in [0.3, 0.4) is 0 Å². The number of halogens is 3. The summed E-state index contributed by atoms with van der Waals surface area (Å²) in [5, 5.41) is 3.53. The van der Waals surface area contributed by atoms with Crippen molar-refractivity contribution in [2.75, 3.05) is 0 Å². The number of fused-ring (bicyclic) bond motifs is 1. The van der Waals surface area contributed by atoms with Crippen LogP contribution in [0, 0.1) is 0 Å². The molecule has 0 bridgehead atoms. The molecule has 0 aliphatic heterocycles. The van der Waals surface area contributed by atoms with Crippen molar-refractivity contribution in [1.29, 1.82) is 0 Å². The number of nitrogens with zero attached hydrogens (tertiary/aromatic N) is 1. The lowest BCUT2D eigenvalue weighted by Gasteiger charge is -2.18. The van der Waals surface area contributed by atoms with Crippen LogP contribution in [0.1, 0.15) is 36.9 Å². The van der Waals surface area contributed by atoms with Gasteiger partial charge in [-0.3, -0.25) is 0 Å². The standard InChI is InChI=1S/C13H12F3NO3/c1-12(2,3)19-11(18)10-8-6-7(13(14,15)16)4-5-9(8)17-20-10/h4-6H,1-3H3. The Kier molecular flexibility index (Phi) is 3.23. The fourth-order valence-electron chi connectivity index (χ4n) is 1.59. The van der Waals surface area contributed by atoms with Gasteiger partial charge in [0.2, 0.25) is 0 Å². The Bertz CT molecular complexity index is 653. The molecule has 0 saturated heterocycles. The molecule has 0 saturated carbocycles. The van der Waals surface area contributed by atoms with Gasteiger partial charge in [0.25, 0.3) is 5.76 Å². The zero-order chi connectivity index (χ0) is 15.1. The molecule has 4 nitrogen and oxygen atoms in total. The zero-order valence-electron chi connectivity index (χ0n) is 11.0. The highest BCUT2D eigenvalue weighted by molar-refractivity contribution is 6.01. The number of aromatic nitrogens is 1. The van der Waals surface area contributed by atoms with Gasteiger partial charge in [-0.2, -0.15) is 13.2 Å². The number of hydrogen-bond acceptors (Lipinski definition) is 4. The van der Waals surface area contributed by atoms with Crippen molar-refractivity contribution in [3.63, 3.8) is 0 Å². The van der Waals surface area contributed by atoms with Gasteiger partial charge in [-0.1, -0.05) is 5.16 Å². The van der Waals surface area contributed by atoms with Crippen LogP contribution in [0.25, 0.3) is 10.9 Å². The first-order valence-electron chi connectivity index (χ1n) is 5.78. The van der Waals surface area contributed by atoms with Gasteiger partial charge < -0.3 is 9.26 Å². The van der Waals surface area contributed by atoms with Crippen LogP contribution < -0.4 is 0 Å². The molecule has 0 unspecified atom stereocenters. The predicted octanol–water partition coefficient (Wildman–Crippen LogP) is 3.80. The number of carbonyl (C=O) groups is 1. The van der Waals surface area contributed by atoms with Gasteiger partial charge in [-0.25, -0.2) is 4.79 Å². The Labute approximate surface area is 112 Å². The third kappa shape index (κ3) is 2.92. The van der Waals surface area contributed by atoms with Gasteiger partial charge in [0.15, 0.2) is 0 Å². The Morgan fingerprint density at radius 1 is 1.25 bits per heavy atom. The highest BCUT2D eigenvalue weighted by Crippen LogP contribution is 2.32. The number of ether oxygens (including phenoxy) is 1. The molecule has 0 aliphatic rings. The fourth-order valence-corrected chi connectivity index (χ4v) is 1.59. The summed E-state index contributed by atoms with van der Waals surface area (Å²) in [6.45, 7) is 4.93. The number of esters is 1. The van der Waals surface area contributed by atoms with Gasteiger partial charge in [0.05, 0.1) is 10.9 Å². The third-order valence-electron chi connectivity index (χ3n) is 2.39. The number of rotatable bonds is 1. The van der Waals surface area contributed by atoms with E-state index in [1.807, 2.05) is 0 Å². The summed E-state index contributed by atoms with van der Waals surface area (Å²) in [5.41, 5.74) is -1.49. The summed E-state index contributed by atoms with van der Waals surface area (Å²) >= 11 is 0. The summed E-state index contributed by atoms with van der Waals surface area (Å²) < 4.78 is 47.8. The van der Waals surface area contributed by atoms with Gasteiger partial charge in [-0.15, -0.1) is 0 Å². The molecule has 0 amide bonds. The van der Waals surface area contributed by atoms with Crippen LogP contribution in [0.15, 0.2) is 22.7 Å². The Morgan fingerprint density at radius 2 is 1.90 bits per heavy atom. The first kappa shape index (κ1) is 14.4. The van der Waals surface area contributed by atoms with E-state index in [-0.39, 0.29) is 16.7 Å². The monoisotopic (exact) mass is 287 g/mol. The van der Waals surface area contributed by atoms with Gasteiger partial charge >= 0.3 is 12.1 Å². The van der Waals surface area contributed by atoms with Crippen molar-refractivity contribution in [2.45, 2.75) is 32.5 Å². The Balaban J connectivity index is 2.47. The topological polar surface area (TPSA) is 52.3 Å². The van der Waals surface area contributed by atoms with E-state index in [9.17, 15) is 18.0 Å². The molecule has 0 radical (unpaired) electrons. The molecule has 0 fully saturated rings. The lowest BCUT2D eigenvalue weighted by Crippen LogP contribution is -2.23. The van der Waals surface area contributed by atoms with Crippen molar-refractivity contribution < 1.29 is 27.2 Å². The third-order valence-corrected chi connectivity index (χ3v) is 2.39. The zero-order valence-corrected chi connectivity index (χ0v) is 11.0. The maximum atomic E-state index is 12.7. The average molecular weight is 287 g/mol. The molecule has 1 heterocycles. The van der Waals surface area contributed by atoms with Crippen LogP contribution in [-0.4, -0.2) is 16.7 Å². The molecule has 1 aromatic carbocycles. The van der Waals surface area contributed by atoms with Crippen molar-refractivity contribution >= 4 is 16.9 Å². The Hall–Kier alpha value is -2.05. The SMILES string of the molecule is CC(C)(C)OC(=O)c1onc2ccc(C(F)(F)F)cc12. The maximum Gasteiger partial charge on any atom is 0.416 e. The minimum Gasteiger partial charge on any atom is -0.454 e. The smallest absolute Gasteiger partial charge is 0.416 e. The van der Waals surface area contributed by atoms with Gasteiger partial charge in [0.1, 0.15) is 11.1 Å². The summed E-state index contributed by atoms with van der Waals surface area (Å²) in [4.78, 5) is 11.9. The number of alkyl halides is 3. The van der Waals surface area contributed by atoms with E-state index < -0.39 is 23.3 Å². The molecule has 2 aromatic rings. The molecule has 1 aromatic heterocycles. The normalized spacial score (nSPS) is 12.7. The highest BCUT2D eigenvalue weighted by Gasteiger charge is 2.32. The molecular weight excluding hydrogens is 275 g/mol. The summed E-state index contributed by atoms with van der Waals surface area (Å²) in [6, 6.07) is 2.85. The molecule has 0 N–H and O–H groups in total. The molecular formula is C13H12F3NO3. The fraction of sp³-hybridized carbons (Fsp3) is 0.385. The lowest BCUT2D eigenvalue weighted by atomic mass is 10.1. The molecule has 0 atom stereocenters. The molecule has 108 valence electrons. The minimum atomic E-state index is -4.50. The first-order chi connectivity index (χ1) is 9.08. The van der Waals surface area contributed by atoms with Gasteiger partial charge in [-0.05, 0) is 39.0 Å². The second kappa shape index (κ2) is 4.50. The van der Waals surface area contributed by atoms with Crippen molar-refractivity contribution in [3.8, 4) is 0 Å². The second-order valence-electron chi connectivity index (χ2n) is 5.24. The minimum absolute atomic E-state index is 0.0194. The van der Waals surface area contributed by atoms with Crippen LogP contribution in [0.2, 0.25) is 0 Å². The largest absolute Gasteiger partial charge is 0.454 e. The van der Waals surface area contributed by atoms with E-state index in [4.69, 9.17) is 9.26 Å². The van der Waals surface area contributed by atoms with Crippen LogP contribution in [0.4, 0.5) is 13.2 Å². The Morgan fingerprint density at radius 3 is 2.45 bits per heavy atom. The molecule has 20 heavy (non-hydrogen) atoms. The highest BCUT2D eigenvalue weighted by atomic mass is 19.4. The summed E-state index contributed by atoms with van der Waals surface area (Å²) in [6.07, 6.45) is -4.50. The summed E-state index contributed by atoms with van der Waals surface area (Å²) in [7, 11) is 0. The van der Waals surface area contributed by atoms with Crippen LogP contribution in [0.5, 0.6) is 0 Å². The van der Waals surface area contributed by atoms with Crippen molar-refractivity contribution in [3.05, 3.63) is 29.5 Å². The number of hydrogen-bond donors (Lipinski definition) is 0.